The number of nitrogens with one attached hydrogen (secondary N) is 2. The van der Waals surface area contributed by atoms with Gasteiger partial charge in [0.1, 0.15) is 0 Å². The molecule has 0 bridgehead atoms. The Kier molecular flexibility index (Phi) is 8.43. The maximum atomic E-state index is 12.0. The largest absolute Gasteiger partial charge is 0.493 e. The lowest BCUT2D eigenvalue weighted by molar-refractivity contribution is -0.156. The zero-order chi connectivity index (χ0) is 21.9. The van der Waals surface area contributed by atoms with Crippen molar-refractivity contribution in [3.63, 3.8) is 0 Å². The molecule has 2 amide bonds. The van der Waals surface area contributed by atoms with Gasteiger partial charge in [-0.1, -0.05) is 30.3 Å². The molecule has 2 N–H and O–H groups in total. The lowest BCUT2D eigenvalue weighted by atomic mass is 10.1. The molecule has 0 aliphatic heterocycles. The van der Waals surface area contributed by atoms with Gasteiger partial charge in [0.05, 0.1) is 7.11 Å². The normalized spacial score (nSPS) is 11.0. The van der Waals surface area contributed by atoms with E-state index < -0.39 is 30.5 Å². The average Bonchev–Trinajstić information content (AvgIpc) is 2.76. The van der Waals surface area contributed by atoms with Gasteiger partial charge in [0.2, 0.25) is 0 Å². The summed E-state index contributed by atoms with van der Waals surface area (Å²) < 4.78 is 15.7. The molecule has 0 unspecified atom stereocenters. The van der Waals surface area contributed by atoms with Gasteiger partial charge < -0.3 is 14.2 Å². The second kappa shape index (κ2) is 11.3. The minimum absolute atomic E-state index is 0.370. The number of ether oxygens (including phenoxy) is 3. The first-order valence-electron chi connectivity index (χ1n) is 9.20. The van der Waals surface area contributed by atoms with E-state index in [1.54, 1.807) is 48.5 Å². The van der Waals surface area contributed by atoms with Gasteiger partial charge in [-0.25, -0.2) is 4.79 Å². The molecule has 0 spiro atoms. The van der Waals surface area contributed by atoms with Crippen LogP contribution in [0.2, 0.25) is 0 Å². The van der Waals surface area contributed by atoms with Gasteiger partial charge in [0.25, 0.3) is 11.8 Å². The molecule has 0 radical (unpaired) electrons. The Morgan fingerprint density at radius 1 is 1.07 bits per heavy atom. The molecule has 30 heavy (non-hydrogen) atoms. The van der Waals surface area contributed by atoms with Crippen LogP contribution in [0, 0.1) is 0 Å². The SMILES string of the molecule is C=CCc1ccc(OCC(=O)O[C@@H](C)C(=O)NNC(=O)c2ccccc2)c(OC)c1. The van der Waals surface area contributed by atoms with Crippen LogP contribution in [0.15, 0.2) is 61.2 Å². The Balaban J connectivity index is 1.80. The van der Waals surface area contributed by atoms with Crippen LogP contribution in [0.25, 0.3) is 0 Å². The molecule has 8 nitrogen and oxygen atoms in total. The van der Waals surface area contributed by atoms with Gasteiger partial charge in [-0.15, -0.1) is 6.58 Å². The topological polar surface area (TPSA) is 103 Å². The Labute approximate surface area is 174 Å². The Bertz CT molecular complexity index is 898. The van der Waals surface area contributed by atoms with Crippen molar-refractivity contribution in [3.8, 4) is 11.5 Å². The fourth-order valence-electron chi connectivity index (χ4n) is 2.43. The second-order valence-electron chi connectivity index (χ2n) is 6.21. The van der Waals surface area contributed by atoms with Gasteiger partial charge >= 0.3 is 5.97 Å². The summed E-state index contributed by atoms with van der Waals surface area (Å²) in [6.07, 6.45) is 1.31. The fourth-order valence-corrected chi connectivity index (χ4v) is 2.43. The van der Waals surface area contributed by atoms with Crippen molar-refractivity contribution >= 4 is 17.8 Å². The summed E-state index contributed by atoms with van der Waals surface area (Å²) in [5, 5.41) is 0. The second-order valence-corrected chi connectivity index (χ2v) is 6.21. The lowest BCUT2D eigenvalue weighted by Crippen LogP contribution is -2.47. The summed E-state index contributed by atoms with van der Waals surface area (Å²) in [7, 11) is 1.49. The summed E-state index contributed by atoms with van der Waals surface area (Å²) in [5.41, 5.74) is 5.83. The zero-order valence-electron chi connectivity index (χ0n) is 16.8. The van der Waals surface area contributed by atoms with Crippen molar-refractivity contribution in [1.29, 1.82) is 0 Å². The third kappa shape index (κ3) is 6.66. The number of carbonyl (C=O) groups is 3. The number of allylic oxidation sites excluding steroid dienone is 1. The standard InChI is InChI=1S/C22H24N2O6/c1-4-8-16-11-12-18(19(13-16)28-3)29-14-20(25)30-15(2)21(26)23-24-22(27)17-9-6-5-7-10-17/h4-7,9-13,15H,1,8,14H2,2-3H3,(H,23,26)(H,24,27)/t15-/m0/s1. The minimum Gasteiger partial charge on any atom is -0.493 e. The highest BCUT2D eigenvalue weighted by Crippen LogP contribution is 2.28. The number of benzene rings is 2. The van der Waals surface area contributed by atoms with Crippen molar-refractivity contribution in [3.05, 3.63) is 72.3 Å². The van der Waals surface area contributed by atoms with Crippen molar-refractivity contribution < 1.29 is 28.6 Å². The molecule has 0 heterocycles. The van der Waals surface area contributed by atoms with E-state index in [1.165, 1.54) is 14.0 Å². The minimum atomic E-state index is -1.13. The molecule has 0 aliphatic rings. The predicted molar refractivity (Wildman–Crippen MR) is 110 cm³/mol. The van der Waals surface area contributed by atoms with Crippen LogP contribution >= 0.6 is 0 Å². The zero-order valence-corrected chi connectivity index (χ0v) is 16.8. The van der Waals surface area contributed by atoms with E-state index in [1.807, 2.05) is 6.07 Å². The van der Waals surface area contributed by atoms with Gasteiger partial charge in [-0.05, 0) is 43.2 Å². The first-order valence-corrected chi connectivity index (χ1v) is 9.20. The number of hydrogen-bond acceptors (Lipinski definition) is 6. The number of hydrazine groups is 1. The molecule has 1 atom stereocenters. The Morgan fingerprint density at radius 2 is 1.80 bits per heavy atom. The third-order valence-electron chi connectivity index (χ3n) is 3.97. The fraction of sp³-hybridized carbons (Fsp3) is 0.227. The maximum absolute atomic E-state index is 12.0. The van der Waals surface area contributed by atoms with Crippen molar-refractivity contribution in [1.82, 2.24) is 10.9 Å². The van der Waals surface area contributed by atoms with Crippen LogP contribution < -0.4 is 20.3 Å². The number of carbonyl (C=O) groups excluding carboxylic acids is 3. The van der Waals surface area contributed by atoms with Gasteiger partial charge in [-0.2, -0.15) is 0 Å². The Morgan fingerprint density at radius 3 is 2.47 bits per heavy atom. The molecule has 0 aromatic heterocycles. The smallest absolute Gasteiger partial charge is 0.344 e. The highest BCUT2D eigenvalue weighted by molar-refractivity contribution is 5.95. The number of esters is 1. The maximum Gasteiger partial charge on any atom is 0.344 e. The average molecular weight is 412 g/mol. The molecule has 2 rings (SSSR count). The molecule has 0 fully saturated rings. The molecule has 0 saturated carbocycles. The monoisotopic (exact) mass is 412 g/mol. The van der Waals surface area contributed by atoms with Crippen LogP contribution in [0.4, 0.5) is 0 Å². The highest BCUT2D eigenvalue weighted by Gasteiger charge is 2.19. The van der Waals surface area contributed by atoms with Crippen molar-refractivity contribution in [2.24, 2.45) is 0 Å². The van der Waals surface area contributed by atoms with E-state index >= 15 is 0 Å². The van der Waals surface area contributed by atoms with Crippen LogP contribution in [0.3, 0.4) is 0 Å². The Hall–Kier alpha value is -3.81. The number of hydrogen-bond donors (Lipinski definition) is 2. The molecular weight excluding hydrogens is 388 g/mol. The van der Waals surface area contributed by atoms with Crippen LogP contribution in [-0.4, -0.2) is 37.6 Å². The first kappa shape index (κ1) is 22.5. The van der Waals surface area contributed by atoms with Gasteiger partial charge in [0, 0.05) is 5.56 Å². The van der Waals surface area contributed by atoms with Crippen LogP contribution in [0.1, 0.15) is 22.8 Å². The van der Waals surface area contributed by atoms with E-state index in [0.717, 1.165) is 5.56 Å². The lowest BCUT2D eigenvalue weighted by Gasteiger charge is -2.15. The molecule has 0 saturated heterocycles. The van der Waals surface area contributed by atoms with E-state index in [9.17, 15) is 14.4 Å². The molecule has 2 aromatic carbocycles. The van der Waals surface area contributed by atoms with Gasteiger partial charge in [0.15, 0.2) is 24.2 Å². The van der Waals surface area contributed by atoms with E-state index in [2.05, 4.69) is 17.4 Å². The highest BCUT2D eigenvalue weighted by atomic mass is 16.6. The molecular formula is C22H24N2O6. The van der Waals surface area contributed by atoms with E-state index in [0.29, 0.717) is 23.5 Å². The van der Waals surface area contributed by atoms with Crippen molar-refractivity contribution in [2.75, 3.05) is 13.7 Å². The van der Waals surface area contributed by atoms with E-state index in [4.69, 9.17) is 14.2 Å². The summed E-state index contributed by atoms with van der Waals surface area (Å²) in [5.74, 6) is -1.08. The first-order chi connectivity index (χ1) is 14.4. The summed E-state index contributed by atoms with van der Waals surface area (Å²) in [6.45, 7) is 4.65. The van der Waals surface area contributed by atoms with Crippen LogP contribution in [0.5, 0.6) is 11.5 Å². The van der Waals surface area contributed by atoms with Crippen LogP contribution in [-0.2, 0) is 20.7 Å². The van der Waals surface area contributed by atoms with Crippen molar-refractivity contribution in [2.45, 2.75) is 19.4 Å². The quantitative estimate of drug-likeness (QED) is 0.372. The third-order valence-corrected chi connectivity index (χ3v) is 3.97. The summed E-state index contributed by atoms with van der Waals surface area (Å²) >= 11 is 0. The number of methoxy groups -OCH3 is 1. The van der Waals surface area contributed by atoms with E-state index in [-0.39, 0.29) is 0 Å². The molecule has 158 valence electrons. The summed E-state index contributed by atoms with van der Waals surface area (Å²) in [4.78, 5) is 35.9. The molecule has 8 heteroatoms. The molecule has 0 aliphatic carbocycles. The molecule has 2 aromatic rings. The number of amides is 2. The summed E-state index contributed by atoms with van der Waals surface area (Å²) in [6, 6.07) is 13.7. The van der Waals surface area contributed by atoms with Gasteiger partial charge in [-0.3, -0.25) is 20.4 Å². The predicted octanol–water partition coefficient (Wildman–Crippen LogP) is 2.20. The number of rotatable bonds is 9.